The maximum Gasteiger partial charge on any atom is 0.270 e. The molecule has 2 atom stereocenters. The zero-order valence-electron chi connectivity index (χ0n) is 12.7. The van der Waals surface area contributed by atoms with Crippen LogP contribution >= 0.6 is 0 Å². The average molecular weight is 296 g/mol. The van der Waals surface area contributed by atoms with Gasteiger partial charge in [0, 0.05) is 25.2 Å². The van der Waals surface area contributed by atoms with Gasteiger partial charge in [0.25, 0.3) is 5.56 Å². The van der Waals surface area contributed by atoms with E-state index in [-0.39, 0.29) is 17.7 Å². The van der Waals surface area contributed by atoms with E-state index in [9.17, 15) is 4.79 Å². The Balaban J connectivity index is 1.96. The third kappa shape index (κ3) is 4.80. The molecule has 0 aliphatic carbocycles. The molecule has 2 heterocycles. The van der Waals surface area contributed by atoms with Gasteiger partial charge in [0.15, 0.2) is 0 Å². The molecule has 0 amide bonds. The highest BCUT2D eigenvalue weighted by Crippen LogP contribution is 2.07. The van der Waals surface area contributed by atoms with Crippen LogP contribution in [0, 0.1) is 0 Å². The fourth-order valence-electron chi connectivity index (χ4n) is 2.23. The van der Waals surface area contributed by atoms with Crippen LogP contribution in [0.15, 0.2) is 17.1 Å². The highest BCUT2D eigenvalue weighted by atomic mass is 16.5. The van der Waals surface area contributed by atoms with Crippen molar-refractivity contribution in [1.82, 2.24) is 14.7 Å². The number of nitrogens with two attached hydrogens (primary N) is 1. The van der Waals surface area contributed by atoms with Gasteiger partial charge in [-0.05, 0) is 13.5 Å². The van der Waals surface area contributed by atoms with Gasteiger partial charge >= 0.3 is 0 Å². The number of nitrogens with zero attached hydrogens (tertiary/aromatic N) is 3. The van der Waals surface area contributed by atoms with Crippen LogP contribution < -0.4 is 16.0 Å². The van der Waals surface area contributed by atoms with E-state index in [2.05, 4.69) is 16.9 Å². The number of hydrogen-bond acceptors (Lipinski definition) is 6. The predicted octanol–water partition coefficient (Wildman–Crippen LogP) is -0.310. The Morgan fingerprint density at radius 1 is 1.62 bits per heavy atom. The second kappa shape index (κ2) is 7.53. The highest BCUT2D eigenvalue weighted by molar-refractivity contribution is 5.13. The molecule has 7 heteroatoms. The lowest BCUT2D eigenvalue weighted by Crippen LogP contribution is -2.45. The molecule has 1 aliphatic heterocycles. The minimum atomic E-state index is -0.186. The first-order chi connectivity index (χ1) is 10.1. The fraction of sp³-hybridized carbons (Fsp3) is 0.714. The Bertz CT molecular complexity index is 503. The van der Waals surface area contributed by atoms with E-state index in [1.807, 2.05) is 6.92 Å². The molecule has 21 heavy (non-hydrogen) atoms. The summed E-state index contributed by atoms with van der Waals surface area (Å²) in [6, 6.07) is 1.36. The normalized spacial score (nSPS) is 21.2. The highest BCUT2D eigenvalue weighted by Gasteiger charge is 2.20. The molecule has 1 aliphatic rings. The molecule has 1 aromatic rings. The first-order valence-electron chi connectivity index (χ1n) is 7.38. The number of aromatic nitrogens is 2. The Hall–Kier alpha value is -1.44. The Morgan fingerprint density at radius 3 is 3.10 bits per heavy atom. The molecule has 0 aromatic carbocycles. The van der Waals surface area contributed by atoms with Crippen molar-refractivity contribution in [3.05, 3.63) is 22.6 Å². The van der Waals surface area contributed by atoms with E-state index in [4.69, 9.17) is 15.2 Å². The smallest absolute Gasteiger partial charge is 0.270 e. The molecule has 7 nitrogen and oxygen atoms in total. The molecule has 2 rings (SSSR count). The molecule has 2 unspecified atom stereocenters. The summed E-state index contributed by atoms with van der Waals surface area (Å²) in [5, 5.41) is 4.14. The van der Waals surface area contributed by atoms with Gasteiger partial charge in [0.1, 0.15) is 12.4 Å². The van der Waals surface area contributed by atoms with Crippen molar-refractivity contribution in [3.8, 4) is 5.75 Å². The van der Waals surface area contributed by atoms with Crippen molar-refractivity contribution in [2.24, 2.45) is 5.73 Å². The number of likely N-dealkylation sites (N-methyl/N-ethyl adjacent to an activating group) is 1. The second-order valence-corrected chi connectivity index (χ2v) is 5.39. The van der Waals surface area contributed by atoms with Crippen LogP contribution in [0.2, 0.25) is 0 Å². The lowest BCUT2D eigenvalue weighted by molar-refractivity contribution is -0.0364. The Labute approximate surface area is 124 Å². The molecule has 1 aromatic heterocycles. The van der Waals surface area contributed by atoms with Crippen LogP contribution in [0.1, 0.15) is 13.8 Å². The number of morpholine rings is 1. The Kier molecular flexibility index (Phi) is 5.72. The lowest BCUT2D eigenvalue weighted by Gasteiger charge is -2.31. The largest absolute Gasteiger partial charge is 0.490 e. The van der Waals surface area contributed by atoms with Gasteiger partial charge in [-0.3, -0.25) is 9.69 Å². The van der Waals surface area contributed by atoms with Crippen molar-refractivity contribution in [1.29, 1.82) is 0 Å². The van der Waals surface area contributed by atoms with Gasteiger partial charge in [-0.2, -0.15) is 5.10 Å². The summed E-state index contributed by atoms with van der Waals surface area (Å²) in [7, 11) is 0. The zero-order chi connectivity index (χ0) is 15.2. The number of hydrogen-bond donors (Lipinski definition) is 1. The van der Waals surface area contributed by atoms with E-state index in [1.54, 1.807) is 6.20 Å². The van der Waals surface area contributed by atoms with E-state index in [0.29, 0.717) is 25.5 Å². The first kappa shape index (κ1) is 15.9. The van der Waals surface area contributed by atoms with Gasteiger partial charge in [0.05, 0.1) is 25.5 Å². The molecular weight excluding hydrogens is 272 g/mol. The molecule has 1 fully saturated rings. The summed E-state index contributed by atoms with van der Waals surface area (Å²) in [6.07, 6.45) is 1.55. The van der Waals surface area contributed by atoms with E-state index in [0.717, 1.165) is 19.6 Å². The number of rotatable bonds is 6. The predicted molar refractivity (Wildman–Crippen MR) is 79.5 cm³/mol. The van der Waals surface area contributed by atoms with Crippen LogP contribution in [0.4, 0.5) is 0 Å². The van der Waals surface area contributed by atoms with Crippen LogP contribution in [-0.2, 0) is 11.3 Å². The molecule has 118 valence electrons. The SMILES string of the molecule is CCN1CCOC(Cn2ncc(OCC(C)N)cc2=O)C1. The maximum absolute atomic E-state index is 12.0. The quantitative estimate of drug-likeness (QED) is 0.775. The standard InChI is InChI=1S/C14H24N4O3/c1-3-17-4-5-20-13(8-17)9-18-14(19)6-12(7-16-18)21-10-11(2)15/h6-7,11,13H,3-5,8-10,15H2,1-2H3. The summed E-state index contributed by atoms with van der Waals surface area (Å²) in [5.41, 5.74) is 5.42. The van der Waals surface area contributed by atoms with E-state index < -0.39 is 0 Å². The van der Waals surface area contributed by atoms with Crippen LogP contribution in [0.5, 0.6) is 5.75 Å². The minimum absolute atomic E-state index is 0.000248. The van der Waals surface area contributed by atoms with Crippen molar-refractivity contribution in [2.75, 3.05) is 32.8 Å². The third-order valence-corrected chi connectivity index (χ3v) is 3.40. The summed E-state index contributed by atoms with van der Waals surface area (Å²) < 4.78 is 12.5. The molecule has 0 saturated carbocycles. The van der Waals surface area contributed by atoms with Gasteiger partial charge in [-0.25, -0.2) is 4.68 Å². The van der Waals surface area contributed by atoms with Gasteiger partial charge < -0.3 is 15.2 Å². The summed E-state index contributed by atoms with van der Waals surface area (Å²) in [5.74, 6) is 0.452. The summed E-state index contributed by atoms with van der Waals surface area (Å²) >= 11 is 0. The second-order valence-electron chi connectivity index (χ2n) is 5.39. The molecular formula is C14H24N4O3. The van der Waals surface area contributed by atoms with Crippen LogP contribution in [0.25, 0.3) is 0 Å². The Morgan fingerprint density at radius 2 is 2.43 bits per heavy atom. The lowest BCUT2D eigenvalue weighted by atomic mass is 10.2. The first-order valence-corrected chi connectivity index (χ1v) is 7.38. The molecule has 1 saturated heterocycles. The molecule has 0 radical (unpaired) electrons. The fourth-order valence-corrected chi connectivity index (χ4v) is 2.23. The van der Waals surface area contributed by atoms with Gasteiger partial charge in [-0.15, -0.1) is 0 Å². The van der Waals surface area contributed by atoms with Gasteiger partial charge in [0.2, 0.25) is 0 Å². The van der Waals surface area contributed by atoms with Crippen molar-refractivity contribution >= 4 is 0 Å². The van der Waals surface area contributed by atoms with Gasteiger partial charge in [-0.1, -0.05) is 6.92 Å². The molecule has 2 N–H and O–H groups in total. The average Bonchev–Trinajstić information content (AvgIpc) is 2.48. The van der Waals surface area contributed by atoms with Crippen molar-refractivity contribution in [3.63, 3.8) is 0 Å². The topological polar surface area (TPSA) is 82.6 Å². The van der Waals surface area contributed by atoms with Crippen molar-refractivity contribution < 1.29 is 9.47 Å². The monoisotopic (exact) mass is 296 g/mol. The summed E-state index contributed by atoms with van der Waals surface area (Å²) in [6.45, 7) is 8.25. The molecule has 0 bridgehead atoms. The van der Waals surface area contributed by atoms with Crippen LogP contribution in [0.3, 0.4) is 0 Å². The van der Waals surface area contributed by atoms with Crippen molar-refractivity contribution in [2.45, 2.75) is 32.5 Å². The minimum Gasteiger partial charge on any atom is -0.490 e. The maximum atomic E-state index is 12.0. The van der Waals surface area contributed by atoms with E-state index >= 15 is 0 Å². The third-order valence-electron chi connectivity index (χ3n) is 3.40. The zero-order valence-corrected chi connectivity index (χ0v) is 12.7. The van der Waals surface area contributed by atoms with Crippen LogP contribution in [-0.4, -0.2) is 59.7 Å². The summed E-state index contributed by atoms with van der Waals surface area (Å²) in [4.78, 5) is 14.3. The number of ether oxygens (including phenoxy) is 2. The van der Waals surface area contributed by atoms with E-state index in [1.165, 1.54) is 10.7 Å². The molecule has 0 spiro atoms.